The van der Waals surface area contributed by atoms with Gasteiger partial charge in [0.05, 0.1) is 12.1 Å². The number of fused-ring (bicyclic) bond motifs is 1. The van der Waals surface area contributed by atoms with Crippen LogP contribution in [0.5, 0.6) is 5.75 Å². The van der Waals surface area contributed by atoms with Gasteiger partial charge in [-0.05, 0) is 90.3 Å². The molecule has 0 spiro atoms. The van der Waals surface area contributed by atoms with Gasteiger partial charge in [0.2, 0.25) is 0 Å². The van der Waals surface area contributed by atoms with Gasteiger partial charge in [-0.3, -0.25) is 14.7 Å². The number of ether oxygens (including phenoxy) is 1. The molecule has 3 heterocycles. The second kappa shape index (κ2) is 10.4. The van der Waals surface area contributed by atoms with Crippen LogP contribution in [0.25, 0.3) is 11.1 Å². The maximum Gasteiger partial charge on any atom is 0.306 e. The summed E-state index contributed by atoms with van der Waals surface area (Å²) >= 11 is 0. The number of aromatic nitrogens is 1. The Bertz CT molecular complexity index is 1400. The molecule has 0 bridgehead atoms. The lowest BCUT2D eigenvalue weighted by molar-refractivity contribution is -0.142. The standard InChI is InChI=1S/C33H37FN2O3/c1-19-16-36(17-19)18-26-13-24(8-10-27(26)28-12-20(2)35-15-29(28)34)30-11-9-22-4-7-25(14-31(22)39-30)32(23-5-6-23)21(3)33(37)38/h4,7-8,10,12-15,19,21,23,30,32H,5-6,9,11,16-18H2,1-3H3,(H,37,38)/t21-,30?,32-/m0/s1. The summed E-state index contributed by atoms with van der Waals surface area (Å²) < 4.78 is 21.5. The number of rotatable bonds is 8. The average Bonchev–Trinajstić information content (AvgIpc) is 3.74. The number of aryl methyl sites for hydroxylation is 2. The molecule has 1 saturated heterocycles. The Labute approximate surface area is 230 Å². The molecule has 2 fully saturated rings. The molecule has 39 heavy (non-hydrogen) atoms. The maximum absolute atomic E-state index is 14.9. The molecule has 2 aliphatic heterocycles. The molecule has 1 aliphatic carbocycles. The zero-order valence-electron chi connectivity index (χ0n) is 23.0. The largest absolute Gasteiger partial charge is 0.485 e. The number of aliphatic carboxylic acids is 1. The van der Waals surface area contributed by atoms with E-state index in [1.807, 2.05) is 26.0 Å². The number of halogens is 1. The Morgan fingerprint density at radius 3 is 2.64 bits per heavy atom. The normalized spacial score (nSPS) is 21.0. The number of nitrogens with zero attached hydrogens (tertiary/aromatic N) is 2. The van der Waals surface area contributed by atoms with Gasteiger partial charge in [0.1, 0.15) is 17.7 Å². The van der Waals surface area contributed by atoms with Gasteiger partial charge in [-0.1, -0.05) is 44.2 Å². The van der Waals surface area contributed by atoms with E-state index in [2.05, 4.69) is 47.1 Å². The summed E-state index contributed by atoms with van der Waals surface area (Å²) in [5.74, 6) is 0.533. The number of hydrogen-bond acceptors (Lipinski definition) is 4. The minimum absolute atomic E-state index is 0.0142. The monoisotopic (exact) mass is 528 g/mol. The molecule has 2 aromatic carbocycles. The van der Waals surface area contributed by atoms with Gasteiger partial charge in [-0.25, -0.2) is 4.39 Å². The van der Waals surface area contributed by atoms with Gasteiger partial charge in [0, 0.05) is 30.9 Å². The Morgan fingerprint density at radius 2 is 1.92 bits per heavy atom. The van der Waals surface area contributed by atoms with Crippen LogP contribution >= 0.6 is 0 Å². The highest BCUT2D eigenvalue weighted by atomic mass is 19.1. The van der Waals surface area contributed by atoms with Crippen LogP contribution in [0.3, 0.4) is 0 Å². The van der Waals surface area contributed by atoms with Crippen molar-refractivity contribution < 1.29 is 19.0 Å². The molecule has 6 rings (SSSR count). The zero-order chi connectivity index (χ0) is 27.3. The van der Waals surface area contributed by atoms with Crippen LogP contribution in [0.4, 0.5) is 4.39 Å². The molecule has 1 unspecified atom stereocenters. The van der Waals surface area contributed by atoms with Crippen molar-refractivity contribution in [1.29, 1.82) is 0 Å². The van der Waals surface area contributed by atoms with Crippen molar-refractivity contribution in [3.8, 4) is 16.9 Å². The average molecular weight is 529 g/mol. The third-order valence-electron chi connectivity index (χ3n) is 8.80. The molecular weight excluding hydrogens is 491 g/mol. The van der Waals surface area contributed by atoms with E-state index < -0.39 is 11.9 Å². The van der Waals surface area contributed by atoms with E-state index >= 15 is 0 Å². The summed E-state index contributed by atoms with van der Waals surface area (Å²) in [5.41, 5.74) is 6.75. The van der Waals surface area contributed by atoms with Crippen molar-refractivity contribution in [3.05, 3.63) is 82.4 Å². The van der Waals surface area contributed by atoms with Gasteiger partial charge >= 0.3 is 5.97 Å². The van der Waals surface area contributed by atoms with E-state index in [1.165, 1.54) is 11.8 Å². The Morgan fingerprint density at radius 1 is 1.13 bits per heavy atom. The van der Waals surface area contributed by atoms with Crippen molar-refractivity contribution in [2.24, 2.45) is 17.8 Å². The lowest BCUT2D eigenvalue weighted by atomic mass is 9.82. The second-order valence-corrected chi connectivity index (χ2v) is 12.0. The predicted octanol–water partition coefficient (Wildman–Crippen LogP) is 6.93. The lowest BCUT2D eigenvalue weighted by Gasteiger charge is -2.38. The number of benzene rings is 2. The fourth-order valence-corrected chi connectivity index (χ4v) is 6.56. The molecule has 3 aromatic rings. The first-order valence-corrected chi connectivity index (χ1v) is 14.3. The number of carbonyl (C=O) groups is 1. The van der Waals surface area contributed by atoms with Crippen molar-refractivity contribution in [3.63, 3.8) is 0 Å². The molecule has 5 nitrogen and oxygen atoms in total. The van der Waals surface area contributed by atoms with Crippen molar-refractivity contribution >= 4 is 5.97 Å². The molecule has 6 heteroatoms. The minimum atomic E-state index is -0.742. The highest BCUT2D eigenvalue weighted by Gasteiger charge is 2.39. The van der Waals surface area contributed by atoms with Crippen LogP contribution < -0.4 is 4.74 Å². The highest BCUT2D eigenvalue weighted by molar-refractivity contribution is 5.71. The molecule has 3 aliphatic rings. The first-order chi connectivity index (χ1) is 18.8. The van der Waals surface area contributed by atoms with E-state index in [4.69, 9.17) is 4.74 Å². The van der Waals surface area contributed by atoms with E-state index in [0.29, 0.717) is 17.4 Å². The first-order valence-electron chi connectivity index (χ1n) is 14.3. The minimum Gasteiger partial charge on any atom is -0.485 e. The first kappa shape index (κ1) is 26.0. The summed E-state index contributed by atoms with van der Waals surface area (Å²) in [4.78, 5) is 18.4. The number of carboxylic acids is 1. The molecule has 1 aromatic heterocycles. The quantitative estimate of drug-likeness (QED) is 0.344. The summed E-state index contributed by atoms with van der Waals surface area (Å²) in [6, 6.07) is 14.5. The smallest absolute Gasteiger partial charge is 0.306 e. The number of likely N-dealkylation sites (tertiary alicyclic amines) is 1. The van der Waals surface area contributed by atoms with Gasteiger partial charge in [0.15, 0.2) is 0 Å². The SMILES string of the molecule is Cc1cc(-c2ccc(C3CCc4ccc([C@H](C5CC5)[C@H](C)C(=O)O)cc4O3)cc2CN2CC(C)C2)c(F)cn1. The van der Waals surface area contributed by atoms with Crippen molar-refractivity contribution in [2.75, 3.05) is 13.1 Å². The lowest BCUT2D eigenvalue weighted by Crippen LogP contribution is -2.44. The number of carboxylic acid groups (broad SMARTS) is 1. The molecule has 3 atom stereocenters. The predicted molar refractivity (Wildman–Crippen MR) is 149 cm³/mol. The van der Waals surface area contributed by atoms with Crippen LogP contribution in [0.1, 0.15) is 73.1 Å². The molecule has 1 N–H and O–H groups in total. The Kier molecular flexibility index (Phi) is 6.92. The van der Waals surface area contributed by atoms with Crippen molar-refractivity contribution in [2.45, 2.75) is 65.0 Å². The van der Waals surface area contributed by atoms with E-state index in [0.717, 1.165) is 79.0 Å². The Balaban J connectivity index is 1.30. The van der Waals surface area contributed by atoms with E-state index in [-0.39, 0.29) is 17.8 Å². The third kappa shape index (κ3) is 5.31. The van der Waals surface area contributed by atoms with Crippen molar-refractivity contribution in [1.82, 2.24) is 9.88 Å². The van der Waals surface area contributed by atoms with E-state index in [9.17, 15) is 14.3 Å². The topological polar surface area (TPSA) is 62.7 Å². The fraction of sp³-hybridized carbons (Fsp3) is 0.455. The number of hydrogen-bond donors (Lipinski definition) is 1. The van der Waals surface area contributed by atoms with Gasteiger partial charge in [-0.15, -0.1) is 0 Å². The molecule has 0 radical (unpaired) electrons. The molecule has 204 valence electrons. The molecular formula is C33H37FN2O3. The molecule has 1 saturated carbocycles. The van der Waals surface area contributed by atoms with Crippen LogP contribution in [-0.2, 0) is 17.8 Å². The summed E-state index contributed by atoms with van der Waals surface area (Å²) in [6.45, 7) is 8.84. The van der Waals surface area contributed by atoms with Gasteiger partial charge in [-0.2, -0.15) is 0 Å². The van der Waals surface area contributed by atoms with Gasteiger partial charge < -0.3 is 9.84 Å². The van der Waals surface area contributed by atoms with Crippen LogP contribution in [-0.4, -0.2) is 34.0 Å². The zero-order valence-corrected chi connectivity index (χ0v) is 23.0. The third-order valence-corrected chi connectivity index (χ3v) is 8.80. The summed E-state index contributed by atoms with van der Waals surface area (Å²) in [6.07, 6.45) is 5.16. The van der Waals surface area contributed by atoms with Gasteiger partial charge in [0.25, 0.3) is 0 Å². The van der Waals surface area contributed by atoms with E-state index in [1.54, 1.807) is 0 Å². The summed E-state index contributed by atoms with van der Waals surface area (Å²) in [7, 11) is 0. The maximum atomic E-state index is 14.9. The van der Waals surface area contributed by atoms with Crippen LogP contribution in [0, 0.1) is 30.5 Å². The number of pyridine rings is 1. The van der Waals surface area contributed by atoms with Crippen LogP contribution in [0.2, 0.25) is 0 Å². The second-order valence-electron chi connectivity index (χ2n) is 12.0. The fourth-order valence-electron chi connectivity index (χ4n) is 6.56. The highest BCUT2D eigenvalue weighted by Crippen LogP contribution is 2.48. The van der Waals surface area contributed by atoms with Crippen LogP contribution in [0.15, 0.2) is 48.7 Å². The Hall–Kier alpha value is -3.25. The molecule has 0 amide bonds. The summed E-state index contributed by atoms with van der Waals surface area (Å²) in [5, 5.41) is 9.72.